The van der Waals surface area contributed by atoms with Crippen LogP contribution in [0.2, 0.25) is 0 Å². The average Bonchev–Trinajstić information content (AvgIpc) is 2.54. The van der Waals surface area contributed by atoms with Crippen LogP contribution in [-0.4, -0.2) is 24.7 Å². The number of ether oxygens (including phenoxy) is 1. The third kappa shape index (κ3) is 1.46. The zero-order valence-electron chi connectivity index (χ0n) is 8.14. The Morgan fingerprint density at radius 3 is 2.77 bits per heavy atom. The summed E-state index contributed by atoms with van der Waals surface area (Å²) in [5.41, 5.74) is -0.149. The molecular weight excluding hydrogens is 166 g/mol. The minimum Gasteiger partial charge on any atom is -0.457 e. The number of likely N-dealkylation sites (N-methyl/N-ethyl adjacent to an activating group) is 1. The minimum atomic E-state index is -0.149. The lowest BCUT2D eigenvalue weighted by Crippen LogP contribution is -2.53. The fraction of sp³-hybridized carbons (Fsp3) is 0.900. The summed E-state index contributed by atoms with van der Waals surface area (Å²) in [4.78, 5) is 11.2. The van der Waals surface area contributed by atoms with E-state index in [1.165, 1.54) is 12.8 Å². The van der Waals surface area contributed by atoms with E-state index in [0.717, 1.165) is 19.3 Å². The van der Waals surface area contributed by atoms with E-state index in [-0.39, 0.29) is 11.6 Å². The van der Waals surface area contributed by atoms with Gasteiger partial charge in [0, 0.05) is 12.5 Å². The molecule has 1 N–H and O–H groups in total. The predicted octanol–water partition coefficient (Wildman–Crippen LogP) is 1.22. The Hall–Kier alpha value is -0.570. The lowest BCUT2D eigenvalue weighted by Gasteiger charge is -2.40. The molecule has 0 amide bonds. The molecule has 1 aliphatic heterocycles. The molecule has 2 rings (SSSR count). The molecule has 13 heavy (non-hydrogen) atoms. The van der Waals surface area contributed by atoms with E-state index in [1.807, 2.05) is 7.05 Å². The summed E-state index contributed by atoms with van der Waals surface area (Å²) in [6.07, 6.45) is 6.01. The van der Waals surface area contributed by atoms with Gasteiger partial charge >= 0.3 is 5.97 Å². The molecule has 1 heterocycles. The zero-order valence-corrected chi connectivity index (χ0v) is 8.14. The van der Waals surface area contributed by atoms with Gasteiger partial charge < -0.3 is 10.1 Å². The highest BCUT2D eigenvalue weighted by Gasteiger charge is 2.46. The lowest BCUT2D eigenvalue weighted by atomic mass is 9.86. The van der Waals surface area contributed by atoms with Gasteiger partial charge in [-0.3, -0.25) is 4.79 Å². The Balaban J connectivity index is 2.14. The van der Waals surface area contributed by atoms with Crippen molar-refractivity contribution in [3.63, 3.8) is 0 Å². The van der Waals surface area contributed by atoms with Crippen LogP contribution in [0.15, 0.2) is 0 Å². The monoisotopic (exact) mass is 183 g/mol. The average molecular weight is 183 g/mol. The SMILES string of the molecule is CNC1CCC(=O)OC12CCCC2. The Morgan fingerprint density at radius 2 is 2.15 bits per heavy atom. The van der Waals surface area contributed by atoms with Gasteiger partial charge in [0.25, 0.3) is 0 Å². The van der Waals surface area contributed by atoms with E-state index in [4.69, 9.17) is 4.74 Å². The zero-order chi connectivity index (χ0) is 9.31. The van der Waals surface area contributed by atoms with Crippen molar-refractivity contribution in [2.75, 3.05) is 7.05 Å². The second-order valence-corrected chi connectivity index (χ2v) is 4.13. The van der Waals surface area contributed by atoms with Gasteiger partial charge in [-0.05, 0) is 39.2 Å². The summed E-state index contributed by atoms with van der Waals surface area (Å²) >= 11 is 0. The van der Waals surface area contributed by atoms with Crippen molar-refractivity contribution < 1.29 is 9.53 Å². The van der Waals surface area contributed by atoms with Crippen molar-refractivity contribution in [2.45, 2.75) is 50.2 Å². The summed E-state index contributed by atoms with van der Waals surface area (Å²) in [5, 5.41) is 3.28. The van der Waals surface area contributed by atoms with Crippen molar-refractivity contribution in [3.8, 4) is 0 Å². The van der Waals surface area contributed by atoms with Gasteiger partial charge in [0.2, 0.25) is 0 Å². The standard InChI is InChI=1S/C10H17NO2/c1-11-8-4-5-9(12)13-10(8)6-2-3-7-10/h8,11H,2-7H2,1H3. The first-order chi connectivity index (χ1) is 6.27. The van der Waals surface area contributed by atoms with Gasteiger partial charge in [0.1, 0.15) is 5.60 Å². The molecule has 1 unspecified atom stereocenters. The fourth-order valence-electron chi connectivity index (χ4n) is 2.71. The predicted molar refractivity (Wildman–Crippen MR) is 49.4 cm³/mol. The second kappa shape index (κ2) is 3.29. The highest BCUT2D eigenvalue weighted by molar-refractivity contribution is 5.71. The molecule has 2 fully saturated rings. The van der Waals surface area contributed by atoms with Crippen molar-refractivity contribution in [2.24, 2.45) is 0 Å². The third-order valence-electron chi connectivity index (χ3n) is 3.39. The number of hydrogen-bond donors (Lipinski definition) is 1. The maximum Gasteiger partial charge on any atom is 0.306 e. The van der Waals surface area contributed by atoms with Crippen LogP contribution in [-0.2, 0) is 9.53 Å². The first-order valence-electron chi connectivity index (χ1n) is 5.16. The van der Waals surface area contributed by atoms with Crippen LogP contribution in [0, 0.1) is 0 Å². The quantitative estimate of drug-likeness (QED) is 0.621. The first kappa shape index (κ1) is 9.00. The molecule has 0 radical (unpaired) electrons. The molecule has 1 saturated heterocycles. The number of nitrogens with one attached hydrogen (secondary N) is 1. The molecule has 3 heteroatoms. The van der Waals surface area contributed by atoms with Crippen LogP contribution in [0.3, 0.4) is 0 Å². The highest BCUT2D eigenvalue weighted by Crippen LogP contribution is 2.40. The number of rotatable bonds is 1. The molecule has 3 nitrogen and oxygen atoms in total. The third-order valence-corrected chi connectivity index (χ3v) is 3.39. The van der Waals surface area contributed by atoms with E-state index in [9.17, 15) is 4.79 Å². The first-order valence-corrected chi connectivity index (χ1v) is 5.16. The summed E-state index contributed by atoms with van der Waals surface area (Å²) in [7, 11) is 1.96. The molecule has 0 aromatic rings. The molecule has 0 aromatic heterocycles. The molecule has 2 aliphatic rings. The highest BCUT2D eigenvalue weighted by atomic mass is 16.6. The van der Waals surface area contributed by atoms with Gasteiger partial charge in [-0.1, -0.05) is 0 Å². The van der Waals surface area contributed by atoms with E-state index in [0.29, 0.717) is 12.5 Å². The van der Waals surface area contributed by atoms with Crippen LogP contribution in [0.25, 0.3) is 0 Å². The second-order valence-electron chi connectivity index (χ2n) is 4.13. The van der Waals surface area contributed by atoms with E-state index >= 15 is 0 Å². The van der Waals surface area contributed by atoms with Crippen molar-refractivity contribution in [3.05, 3.63) is 0 Å². The van der Waals surface area contributed by atoms with E-state index in [1.54, 1.807) is 0 Å². The molecule has 0 aromatic carbocycles. The molecule has 1 aliphatic carbocycles. The van der Waals surface area contributed by atoms with E-state index in [2.05, 4.69) is 5.32 Å². The number of hydrogen-bond acceptors (Lipinski definition) is 3. The molecule has 1 atom stereocenters. The topological polar surface area (TPSA) is 38.3 Å². The normalized spacial score (nSPS) is 32.1. The molecule has 0 bridgehead atoms. The van der Waals surface area contributed by atoms with Crippen molar-refractivity contribution in [1.82, 2.24) is 5.32 Å². The van der Waals surface area contributed by atoms with Crippen LogP contribution in [0.1, 0.15) is 38.5 Å². The Morgan fingerprint density at radius 1 is 1.46 bits per heavy atom. The largest absolute Gasteiger partial charge is 0.457 e. The summed E-state index contributed by atoms with van der Waals surface area (Å²) in [6, 6.07) is 0.382. The van der Waals surface area contributed by atoms with Crippen LogP contribution >= 0.6 is 0 Å². The van der Waals surface area contributed by atoms with Gasteiger partial charge in [-0.25, -0.2) is 0 Å². The van der Waals surface area contributed by atoms with Crippen molar-refractivity contribution in [1.29, 1.82) is 0 Å². The van der Waals surface area contributed by atoms with Crippen LogP contribution in [0.5, 0.6) is 0 Å². The van der Waals surface area contributed by atoms with Gasteiger partial charge in [0.05, 0.1) is 0 Å². The van der Waals surface area contributed by atoms with Gasteiger partial charge in [-0.2, -0.15) is 0 Å². The molecule has 74 valence electrons. The Bertz CT molecular complexity index is 209. The maximum absolute atomic E-state index is 11.2. The fourth-order valence-corrected chi connectivity index (χ4v) is 2.71. The lowest BCUT2D eigenvalue weighted by molar-refractivity contribution is -0.170. The van der Waals surface area contributed by atoms with E-state index < -0.39 is 0 Å². The van der Waals surface area contributed by atoms with Crippen molar-refractivity contribution >= 4 is 5.97 Å². The summed E-state index contributed by atoms with van der Waals surface area (Å²) < 4.78 is 5.54. The maximum atomic E-state index is 11.2. The molecule has 1 spiro atoms. The number of carbonyl (C=O) groups is 1. The van der Waals surface area contributed by atoms with Crippen LogP contribution in [0.4, 0.5) is 0 Å². The number of esters is 1. The van der Waals surface area contributed by atoms with Crippen LogP contribution < -0.4 is 5.32 Å². The minimum absolute atomic E-state index is 0.00611. The summed E-state index contributed by atoms with van der Waals surface area (Å²) in [6.45, 7) is 0. The Kier molecular flexibility index (Phi) is 2.28. The molecular formula is C10H17NO2. The summed E-state index contributed by atoms with van der Waals surface area (Å²) in [5.74, 6) is -0.00611. The smallest absolute Gasteiger partial charge is 0.306 e. The molecule has 1 saturated carbocycles. The van der Waals surface area contributed by atoms with Gasteiger partial charge in [-0.15, -0.1) is 0 Å². The Labute approximate surface area is 78.8 Å². The van der Waals surface area contributed by atoms with Gasteiger partial charge in [0.15, 0.2) is 0 Å². The number of carbonyl (C=O) groups excluding carboxylic acids is 1.